The fourth-order valence-electron chi connectivity index (χ4n) is 2.98. The lowest BCUT2D eigenvalue weighted by atomic mass is 9.96. The molecule has 23 heavy (non-hydrogen) atoms. The smallest absolute Gasteiger partial charge is 0.352 e. The van der Waals surface area contributed by atoms with Crippen LogP contribution in [0.2, 0.25) is 5.02 Å². The van der Waals surface area contributed by atoms with E-state index >= 15 is 0 Å². The molecule has 4 nitrogen and oxygen atoms in total. The van der Waals surface area contributed by atoms with E-state index in [0.29, 0.717) is 22.8 Å². The van der Waals surface area contributed by atoms with Crippen molar-refractivity contribution in [1.29, 1.82) is 0 Å². The molecule has 2 heterocycles. The molecule has 0 spiro atoms. The molecule has 0 atom stereocenters. The Hall–Kier alpha value is -2.72. The highest BCUT2D eigenvalue weighted by Gasteiger charge is 2.29. The number of aromatic amines is 1. The van der Waals surface area contributed by atoms with Crippen LogP contribution in [-0.4, -0.2) is 16.1 Å². The molecule has 1 aromatic heterocycles. The van der Waals surface area contributed by atoms with Gasteiger partial charge < -0.3 is 14.8 Å². The Morgan fingerprint density at radius 1 is 1.09 bits per heavy atom. The van der Waals surface area contributed by atoms with Crippen LogP contribution in [0.25, 0.3) is 22.4 Å². The van der Waals surface area contributed by atoms with Gasteiger partial charge in [0.1, 0.15) is 18.1 Å². The summed E-state index contributed by atoms with van der Waals surface area (Å²) in [5, 5.41) is 10.1. The molecule has 0 aliphatic carbocycles. The van der Waals surface area contributed by atoms with E-state index in [1.807, 2.05) is 42.5 Å². The topological polar surface area (TPSA) is 62.3 Å². The molecule has 0 radical (unpaired) electrons. The molecular formula is C18H12ClNO3. The number of fused-ring (bicyclic) bond motifs is 3. The van der Waals surface area contributed by atoms with E-state index in [0.717, 1.165) is 22.6 Å². The Labute approximate surface area is 137 Å². The fraction of sp³-hybridized carbons (Fsp3) is 0.0556. The van der Waals surface area contributed by atoms with E-state index in [1.165, 1.54) is 0 Å². The Balaban J connectivity index is 2.04. The van der Waals surface area contributed by atoms with Crippen LogP contribution in [0.1, 0.15) is 16.1 Å². The minimum atomic E-state index is -1.02. The molecule has 5 heteroatoms. The van der Waals surface area contributed by atoms with Crippen LogP contribution < -0.4 is 4.74 Å². The third-order valence-corrected chi connectivity index (χ3v) is 4.32. The number of aromatic nitrogens is 1. The van der Waals surface area contributed by atoms with Crippen LogP contribution >= 0.6 is 11.6 Å². The summed E-state index contributed by atoms with van der Waals surface area (Å²) in [6.45, 7) is 0.302. The van der Waals surface area contributed by atoms with Gasteiger partial charge in [0, 0.05) is 27.3 Å². The Morgan fingerprint density at radius 2 is 1.78 bits per heavy atom. The number of aromatic carboxylic acids is 1. The summed E-state index contributed by atoms with van der Waals surface area (Å²) in [7, 11) is 0. The Kier molecular flexibility index (Phi) is 3.13. The minimum absolute atomic E-state index is 0.128. The zero-order valence-corrected chi connectivity index (χ0v) is 12.7. The molecule has 0 bridgehead atoms. The second-order valence-corrected chi connectivity index (χ2v) is 5.71. The van der Waals surface area contributed by atoms with Gasteiger partial charge in [0.25, 0.3) is 0 Å². The standard InChI is InChI=1S/C18H12ClNO3/c19-13-7-3-1-5-10(13)15-12-9-23-14-8-4-2-6-11(14)16(12)20-17(15)18(21)22/h1-8,20H,9H2,(H,21,22). The van der Waals surface area contributed by atoms with Crippen molar-refractivity contribution in [2.24, 2.45) is 0 Å². The molecular weight excluding hydrogens is 314 g/mol. The lowest BCUT2D eigenvalue weighted by molar-refractivity contribution is 0.0692. The van der Waals surface area contributed by atoms with E-state index in [2.05, 4.69) is 4.98 Å². The van der Waals surface area contributed by atoms with Crippen molar-refractivity contribution in [2.45, 2.75) is 6.61 Å². The number of hydrogen-bond acceptors (Lipinski definition) is 2. The van der Waals surface area contributed by atoms with Crippen LogP contribution in [-0.2, 0) is 6.61 Å². The number of carboxylic acid groups (broad SMARTS) is 1. The number of halogens is 1. The second kappa shape index (κ2) is 5.18. The van der Waals surface area contributed by atoms with E-state index in [-0.39, 0.29) is 5.69 Å². The first-order valence-electron chi connectivity index (χ1n) is 7.12. The molecule has 3 aromatic rings. The van der Waals surface area contributed by atoms with Gasteiger partial charge in [-0.25, -0.2) is 4.79 Å². The highest BCUT2D eigenvalue weighted by Crippen LogP contribution is 2.44. The number of para-hydroxylation sites is 1. The van der Waals surface area contributed by atoms with Crippen LogP contribution in [0.3, 0.4) is 0 Å². The summed E-state index contributed by atoms with van der Waals surface area (Å²) in [5.41, 5.74) is 3.85. The third-order valence-electron chi connectivity index (χ3n) is 3.99. The summed E-state index contributed by atoms with van der Waals surface area (Å²) < 4.78 is 5.79. The van der Waals surface area contributed by atoms with Crippen molar-refractivity contribution in [3.05, 3.63) is 64.8 Å². The quantitative estimate of drug-likeness (QED) is 0.724. The molecule has 1 aliphatic rings. The van der Waals surface area contributed by atoms with Crippen molar-refractivity contribution in [3.8, 4) is 28.1 Å². The monoisotopic (exact) mass is 325 g/mol. The van der Waals surface area contributed by atoms with Crippen molar-refractivity contribution < 1.29 is 14.6 Å². The lowest BCUT2D eigenvalue weighted by Crippen LogP contribution is -2.05. The van der Waals surface area contributed by atoms with Crippen LogP contribution in [0.5, 0.6) is 5.75 Å². The van der Waals surface area contributed by atoms with Crippen LogP contribution in [0.4, 0.5) is 0 Å². The van der Waals surface area contributed by atoms with Crippen molar-refractivity contribution in [2.75, 3.05) is 0 Å². The number of nitrogens with one attached hydrogen (secondary N) is 1. The SMILES string of the molecule is O=C(O)c1[nH]c2c(c1-c1ccccc1Cl)COc1ccccc1-2. The number of rotatable bonds is 2. The summed E-state index contributed by atoms with van der Waals surface area (Å²) in [6.07, 6.45) is 0. The number of carbonyl (C=O) groups is 1. The average molecular weight is 326 g/mol. The van der Waals surface area contributed by atoms with Crippen molar-refractivity contribution >= 4 is 17.6 Å². The lowest BCUT2D eigenvalue weighted by Gasteiger charge is -2.18. The van der Waals surface area contributed by atoms with Gasteiger partial charge in [-0.05, 0) is 18.2 Å². The molecule has 0 amide bonds. The van der Waals surface area contributed by atoms with E-state index in [9.17, 15) is 9.90 Å². The number of hydrogen-bond donors (Lipinski definition) is 2. The van der Waals surface area contributed by atoms with Gasteiger partial charge >= 0.3 is 5.97 Å². The Bertz CT molecular complexity index is 930. The molecule has 114 valence electrons. The van der Waals surface area contributed by atoms with E-state index in [4.69, 9.17) is 16.3 Å². The summed E-state index contributed by atoms with van der Waals surface area (Å²) in [5.74, 6) is -0.282. The van der Waals surface area contributed by atoms with E-state index < -0.39 is 5.97 Å². The molecule has 0 saturated heterocycles. The van der Waals surface area contributed by atoms with Gasteiger partial charge in [-0.15, -0.1) is 0 Å². The number of carboxylic acids is 1. The molecule has 0 fully saturated rings. The van der Waals surface area contributed by atoms with Gasteiger partial charge in [0.05, 0.1) is 5.69 Å². The molecule has 2 aromatic carbocycles. The summed E-state index contributed by atoms with van der Waals surface area (Å²) in [4.78, 5) is 14.8. The maximum Gasteiger partial charge on any atom is 0.352 e. The zero-order chi connectivity index (χ0) is 16.0. The first-order chi connectivity index (χ1) is 11.2. The van der Waals surface area contributed by atoms with Crippen molar-refractivity contribution in [3.63, 3.8) is 0 Å². The first-order valence-corrected chi connectivity index (χ1v) is 7.50. The molecule has 2 N–H and O–H groups in total. The normalized spacial score (nSPS) is 12.2. The maximum atomic E-state index is 11.7. The van der Waals surface area contributed by atoms with Crippen LogP contribution in [0, 0.1) is 0 Å². The summed E-state index contributed by atoms with van der Waals surface area (Å²) >= 11 is 6.29. The predicted octanol–water partition coefficient (Wildman–Crippen LogP) is 4.59. The largest absolute Gasteiger partial charge is 0.488 e. The predicted molar refractivity (Wildman–Crippen MR) is 88.0 cm³/mol. The Morgan fingerprint density at radius 3 is 2.52 bits per heavy atom. The highest BCUT2D eigenvalue weighted by molar-refractivity contribution is 6.33. The fourth-order valence-corrected chi connectivity index (χ4v) is 3.21. The van der Waals surface area contributed by atoms with E-state index in [1.54, 1.807) is 6.07 Å². The molecule has 0 unspecified atom stereocenters. The molecule has 0 saturated carbocycles. The van der Waals surface area contributed by atoms with Gasteiger partial charge in [-0.2, -0.15) is 0 Å². The third kappa shape index (κ3) is 2.11. The summed E-state index contributed by atoms with van der Waals surface area (Å²) in [6, 6.07) is 14.8. The average Bonchev–Trinajstić information content (AvgIpc) is 2.95. The van der Waals surface area contributed by atoms with Gasteiger partial charge in [-0.1, -0.05) is 41.9 Å². The first kappa shape index (κ1) is 13.9. The zero-order valence-electron chi connectivity index (χ0n) is 12.0. The number of H-pyrrole nitrogens is 1. The van der Waals surface area contributed by atoms with Crippen molar-refractivity contribution in [1.82, 2.24) is 4.98 Å². The highest BCUT2D eigenvalue weighted by atomic mass is 35.5. The number of ether oxygens (including phenoxy) is 1. The van der Waals surface area contributed by atoms with Gasteiger partial charge in [-0.3, -0.25) is 0 Å². The minimum Gasteiger partial charge on any atom is -0.488 e. The van der Waals surface area contributed by atoms with Gasteiger partial charge in [0.15, 0.2) is 0 Å². The second-order valence-electron chi connectivity index (χ2n) is 5.30. The molecule has 1 aliphatic heterocycles. The maximum absolute atomic E-state index is 11.7. The number of benzene rings is 2. The van der Waals surface area contributed by atoms with Gasteiger partial charge in [0.2, 0.25) is 0 Å². The van der Waals surface area contributed by atoms with Crippen LogP contribution in [0.15, 0.2) is 48.5 Å². The molecule has 4 rings (SSSR count).